The fourth-order valence-electron chi connectivity index (χ4n) is 2.82. The van der Waals surface area contributed by atoms with E-state index in [0.717, 1.165) is 25.3 Å². The number of hydrogen-bond acceptors (Lipinski definition) is 4. The number of benzene rings is 1. The first-order valence-electron chi connectivity index (χ1n) is 9.92. The summed E-state index contributed by atoms with van der Waals surface area (Å²) in [5, 5.41) is 3.51. The van der Waals surface area contributed by atoms with Gasteiger partial charge < -0.3 is 15.8 Å². The summed E-state index contributed by atoms with van der Waals surface area (Å²) >= 11 is 0. The molecule has 0 fully saturated rings. The number of aromatic nitrogens is 1. The molecule has 146 valence electrons. The molecule has 0 aliphatic carbocycles. The zero-order valence-corrected chi connectivity index (χ0v) is 16.2. The highest BCUT2D eigenvalue weighted by atomic mass is 16.5. The molecule has 0 spiro atoms. The molecule has 1 heterocycles. The molecule has 0 aliphatic rings. The lowest BCUT2D eigenvalue weighted by Gasteiger charge is -2.07. The number of nitrogens with one attached hydrogen (secondary N) is 1. The minimum absolute atomic E-state index is 0.367. The van der Waals surface area contributed by atoms with Gasteiger partial charge in [-0.2, -0.15) is 0 Å². The molecule has 5 nitrogen and oxygen atoms in total. The van der Waals surface area contributed by atoms with Crippen LogP contribution >= 0.6 is 0 Å². The lowest BCUT2D eigenvalue weighted by Crippen LogP contribution is -2.18. The monoisotopic (exact) mass is 369 g/mol. The number of unbranched alkanes of at least 4 members (excludes halogenated alkanes) is 5. The SMILES string of the molecule is CCCCCCCCNCCc1ccc(Oc2ccc(C(N)=O)cn2)cc1. The molecule has 0 radical (unpaired) electrons. The van der Waals surface area contributed by atoms with Crippen molar-refractivity contribution in [3.63, 3.8) is 0 Å². The summed E-state index contributed by atoms with van der Waals surface area (Å²) in [6.45, 7) is 4.34. The first kappa shape index (κ1) is 20.9. The summed E-state index contributed by atoms with van der Waals surface area (Å²) in [6, 6.07) is 11.3. The third-order valence-corrected chi connectivity index (χ3v) is 4.46. The maximum atomic E-state index is 11.0. The van der Waals surface area contributed by atoms with E-state index in [9.17, 15) is 4.79 Å². The van der Waals surface area contributed by atoms with Crippen LogP contribution in [0.4, 0.5) is 0 Å². The van der Waals surface area contributed by atoms with E-state index in [1.54, 1.807) is 12.1 Å². The van der Waals surface area contributed by atoms with E-state index in [4.69, 9.17) is 10.5 Å². The van der Waals surface area contributed by atoms with Crippen molar-refractivity contribution in [1.29, 1.82) is 0 Å². The number of nitrogens with two attached hydrogens (primary N) is 1. The molecule has 0 bridgehead atoms. The van der Waals surface area contributed by atoms with Crippen molar-refractivity contribution in [2.24, 2.45) is 5.73 Å². The fourth-order valence-corrected chi connectivity index (χ4v) is 2.82. The minimum atomic E-state index is -0.497. The van der Waals surface area contributed by atoms with E-state index in [1.165, 1.54) is 50.3 Å². The number of carbonyl (C=O) groups excluding carboxylic acids is 1. The molecule has 1 amide bonds. The van der Waals surface area contributed by atoms with E-state index < -0.39 is 5.91 Å². The number of carbonyl (C=O) groups is 1. The van der Waals surface area contributed by atoms with Crippen molar-refractivity contribution in [2.75, 3.05) is 13.1 Å². The average Bonchev–Trinajstić information content (AvgIpc) is 2.68. The second-order valence-electron chi connectivity index (χ2n) is 6.76. The van der Waals surface area contributed by atoms with Gasteiger partial charge in [0.25, 0.3) is 0 Å². The third kappa shape index (κ3) is 8.22. The maximum absolute atomic E-state index is 11.0. The highest BCUT2D eigenvalue weighted by molar-refractivity contribution is 5.92. The molecule has 2 rings (SSSR count). The Morgan fingerprint density at radius 2 is 1.74 bits per heavy atom. The smallest absolute Gasteiger partial charge is 0.250 e. The molecule has 0 atom stereocenters. The average molecular weight is 370 g/mol. The Hall–Kier alpha value is -2.40. The lowest BCUT2D eigenvalue weighted by molar-refractivity contribution is 0.1000. The third-order valence-electron chi connectivity index (χ3n) is 4.46. The van der Waals surface area contributed by atoms with Gasteiger partial charge in [-0.05, 0) is 49.7 Å². The Morgan fingerprint density at radius 3 is 2.41 bits per heavy atom. The van der Waals surface area contributed by atoms with Gasteiger partial charge in [0, 0.05) is 12.3 Å². The molecule has 1 aromatic heterocycles. The van der Waals surface area contributed by atoms with Crippen LogP contribution in [0.2, 0.25) is 0 Å². The van der Waals surface area contributed by atoms with E-state index in [-0.39, 0.29) is 0 Å². The van der Waals surface area contributed by atoms with Crippen molar-refractivity contribution >= 4 is 5.91 Å². The summed E-state index contributed by atoms with van der Waals surface area (Å²) in [6.07, 6.45) is 10.4. The van der Waals surface area contributed by atoms with Crippen molar-refractivity contribution in [2.45, 2.75) is 51.9 Å². The number of hydrogen-bond donors (Lipinski definition) is 2. The van der Waals surface area contributed by atoms with Gasteiger partial charge in [-0.3, -0.25) is 4.79 Å². The number of pyridine rings is 1. The quantitative estimate of drug-likeness (QED) is 0.511. The fraction of sp³-hybridized carbons (Fsp3) is 0.455. The molecule has 0 aliphatic heterocycles. The van der Waals surface area contributed by atoms with E-state index in [1.807, 2.05) is 12.1 Å². The lowest BCUT2D eigenvalue weighted by atomic mass is 10.1. The number of rotatable bonds is 13. The Bertz CT molecular complexity index is 669. The number of primary amides is 1. The Morgan fingerprint density at radius 1 is 1.00 bits per heavy atom. The van der Waals surface area contributed by atoms with Gasteiger partial charge in [0.15, 0.2) is 0 Å². The van der Waals surface area contributed by atoms with Gasteiger partial charge in [-0.25, -0.2) is 4.98 Å². The van der Waals surface area contributed by atoms with Crippen molar-refractivity contribution < 1.29 is 9.53 Å². The molecular weight excluding hydrogens is 338 g/mol. The van der Waals surface area contributed by atoms with Crippen molar-refractivity contribution in [3.05, 3.63) is 53.7 Å². The Balaban J connectivity index is 1.64. The molecule has 2 aromatic rings. The van der Waals surface area contributed by atoms with Crippen molar-refractivity contribution in [3.8, 4) is 11.6 Å². The predicted molar refractivity (Wildman–Crippen MR) is 109 cm³/mol. The Kier molecular flexibility index (Phi) is 9.35. The number of ether oxygens (including phenoxy) is 1. The summed E-state index contributed by atoms with van der Waals surface area (Å²) in [5.74, 6) is 0.662. The van der Waals surface area contributed by atoms with Crippen LogP contribution in [-0.4, -0.2) is 24.0 Å². The Labute approximate surface area is 162 Å². The molecule has 0 saturated heterocycles. The zero-order chi connectivity index (χ0) is 19.3. The minimum Gasteiger partial charge on any atom is -0.439 e. The second-order valence-corrected chi connectivity index (χ2v) is 6.76. The van der Waals surface area contributed by atoms with Gasteiger partial charge in [0.1, 0.15) is 5.75 Å². The molecule has 5 heteroatoms. The van der Waals surface area contributed by atoms with E-state index in [2.05, 4.69) is 29.4 Å². The summed E-state index contributed by atoms with van der Waals surface area (Å²) in [4.78, 5) is 15.1. The van der Waals surface area contributed by atoms with Crippen LogP contribution in [0.25, 0.3) is 0 Å². The van der Waals surface area contributed by atoms with Gasteiger partial charge in [-0.15, -0.1) is 0 Å². The first-order valence-corrected chi connectivity index (χ1v) is 9.92. The zero-order valence-electron chi connectivity index (χ0n) is 16.2. The van der Waals surface area contributed by atoms with Crippen LogP contribution in [0.1, 0.15) is 61.4 Å². The van der Waals surface area contributed by atoms with Gasteiger partial charge in [0.05, 0.1) is 5.56 Å². The first-order chi connectivity index (χ1) is 13.2. The topological polar surface area (TPSA) is 77.2 Å². The molecular formula is C22H31N3O2. The van der Waals surface area contributed by atoms with Crippen molar-refractivity contribution in [1.82, 2.24) is 10.3 Å². The van der Waals surface area contributed by atoms with E-state index in [0.29, 0.717) is 11.4 Å². The highest BCUT2D eigenvalue weighted by Gasteiger charge is 2.03. The van der Waals surface area contributed by atoms with E-state index >= 15 is 0 Å². The molecule has 0 unspecified atom stereocenters. The van der Waals surface area contributed by atoms with Gasteiger partial charge in [-0.1, -0.05) is 51.2 Å². The largest absolute Gasteiger partial charge is 0.439 e. The standard InChI is InChI=1S/C22H31N3O2/c1-2-3-4-5-6-7-15-24-16-14-18-8-11-20(12-9-18)27-21-13-10-19(17-25-21)22(23)26/h8-13,17,24H,2-7,14-16H2,1H3,(H2,23,26). The van der Waals surface area contributed by atoms with Crippen LogP contribution in [0, 0.1) is 0 Å². The van der Waals surface area contributed by atoms with Gasteiger partial charge in [0.2, 0.25) is 11.8 Å². The number of amides is 1. The molecule has 1 aromatic carbocycles. The van der Waals surface area contributed by atoms with Gasteiger partial charge >= 0.3 is 0 Å². The van der Waals surface area contributed by atoms with Crippen LogP contribution in [0.5, 0.6) is 11.6 Å². The number of nitrogens with zero attached hydrogens (tertiary/aromatic N) is 1. The normalized spacial score (nSPS) is 10.7. The van der Waals surface area contributed by atoms with Crippen LogP contribution in [0.15, 0.2) is 42.6 Å². The second kappa shape index (κ2) is 12.1. The highest BCUT2D eigenvalue weighted by Crippen LogP contribution is 2.20. The summed E-state index contributed by atoms with van der Waals surface area (Å²) < 4.78 is 5.69. The van der Waals surface area contributed by atoms with Crippen LogP contribution in [0.3, 0.4) is 0 Å². The molecule has 3 N–H and O–H groups in total. The van der Waals surface area contributed by atoms with Crippen LogP contribution in [-0.2, 0) is 6.42 Å². The van der Waals surface area contributed by atoms with Crippen LogP contribution < -0.4 is 15.8 Å². The molecule has 0 saturated carbocycles. The maximum Gasteiger partial charge on any atom is 0.250 e. The predicted octanol–water partition coefficient (Wildman–Crippen LogP) is 4.47. The molecule has 27 heavy (non-hydrogen) atoms. The summed E-state index contributed by atoms with van der Waals surface area (Å²) in [7, 11) is 0. The summed E-state index contributed by atoms with van der Waals surface area (Å²) in [5.41, 5.74) is 6.84.